The molecule has 0 radical (unpaired) electrons. The van der Waals surface area contributed by atoms with Gasteiger partial charge in [-0.1, -0.05) is 23.7 Å². The van der Waals surface area contributed by atoms with Crippen molar-refractivity contribution in [1.82, 2.24) is 10.1 Å². The fourth-order valence-electron chi connectivity index (χ4n) is 3.51. The van der Waals surface area contributed by atoms with Gasteiger partial charge in [-0.15, -0.1) is 0 Å². The van der Waals surface area contributed by atoms with Gasteiger partial charge < -0.3 is 14.2 Å². The van der Waals surface area contributed by atoms with Crippen molar-refractivity contribution >= 4 is 16.9 Å². The summed E-state index contributed by atoms with van der Waals surface area (Å²) in [6, 6.07) is 7.68. The Morgan fingerprint density at radius 1 is 1.32 bits per heavy atom. The fraction of sp³-hybridized carbons (Fsp3) is 0.529. The molecule has 5 nitrogen and oxygen atoms in total. The van der Waals surface area contributed by atoms with Crippen molar-refractivity contribution < 1.29 is 14.1 Å². The number of carbonyl (C=O) groups excluding carboxylic acids is 1. The number of rotatable bonds is 2. The third kappa shape index (κ3) is 2.39. The summed E-state index contributed by atoms with van der Waals surface area (Å²) in [6.07, 6.45) is 3.89. The van der Waals surface area contributed by atoms with Gasteiger partial charge in [0.15, 0.2) is 5.58 Å². The minimum atomic E-state index is 0.121. The Bertz CT molecular complexity index is 690. The molecule has 116 valence electrons. The molecule has 1 saturated carbocycles. The molecule has 1 aromatic carbocycles. The highest BCUT2D eigenvalue weighted by molar-refractivity contribution is 5.86. The van der Waals surface area contributed by atoms with Crippen molar-refractivity contribution in [2.24, 2.45) is 5.41 Å². The first-order chi connectivity index (χ1) is 10.8. The zero-order valence-corrected chi connectivity index (χ0v) is 12.6. The third-order valence-electron chi connectivity index (χ3n) is 4.98. The Morgan fingerprint density at radius 2 is 2.18 bits per heavy atom. The standard InChI is InChI=1S/C17H20N2O3/c20-16(10-14-13-4-1-2-5-15(13)22-18-14)19-8-9-21-12-17(11-19)6-3-7-17/h1-2,4-5H,3,6-12H2. The van der Waals surface area contributed by atoms with E-state index in [0.29, 0.717) is 19.6 Å². The molecule has 5 heteroatoms. The highest BCUT2D eigenvalue weighted by atomic mass is 16.5. The smallest absolute Gasteiger partial charge is 0.228 e. The first kappa shape index (κ1) is 13.8. The van der Waals surface area contributed by atoms with Gasteiger partial charge in [0, 0.05) is 23.9 Å². The lowest BCUT2D eigenvalue weighted by atomic mass is 9.69. The van der Waals surface area contributed by atoms with Crippen LogP contribution in [0.2, 0.25) is 0 Å². The fourth-order valence-corrected chi connectivity index (χ4v) is 3.51. The molecule has 1 spiro atoms. The van der Waals surface area contributed by atoms with E-state index in [1.165, 1.54) is 19.3 Å². The van der Waals surface area contributed by atoms with Gasteiger partial charge in [-0.05, 0) is 25.0 Å². The lowest BCUT2D eigenvalue weighted by Crippen LogP contribution is -2.45. The molecule has 2 heterocycles. The van der Waals surface area contributed by atoms with Crippen molar-refractivity contribution in [3.8, 4) is 0 Å². The van der Waals surface area contributed by atoms with Crippen molar-refractivity contribution in [3.63, 3.8) is 0 Å². The van der Waals surface area contributed by atoms with Gasteiger partial charge in [-0.2, -0.15) is 0 Å². The molecule has 2 aromatic rings. The minimum Gasteiger partial charge on any atom is -0.379 e. The molecule has 0 bridgehead atoms. The molecular formula is C17H20N2O3. The van der Waals surface area contributed by atoms with Crippen LogP contribution in [0.5, 0.6) is 0 Å². The SMILES string of the molecule is O=C(Cc1noc2ccccc12)N1CCOCC2(CCC2)C1. The van der Waals surface area contributed by atoms with E-state index in [4.69, 9.17) is 9.26 Å². The maximum atomic E-state index is 12.7. The first-order valence-electron chi connectivity index (χ1n) is 7.95. The van der Waals surface area contributed by atoms with Gasteiger partial charge in [0.25, 0.3) is 0 Å². The molecule has 1 aliphatic heterocycles. The molecule has 2 aliphatic rings. The van der Waals surface area contributed by atoms with Gasteiger partial charge >= 0.3 is 0 Å². The summed E-state index contributed by atoms with van der Waals surface area (Å²) in [6.45, 7) is 2.93. The monoisotopic (exact) mass is 300 g/mol. The van der Waals surface area contributed by atoms with E-state index in [1.807, 2.05) is 29.2 Å². The van der Waals surface area contributed by atoms with Crippen LogP contribution in [-0.2, 0) is 16.0 Å². The van der Waals surface area contributed by atoms with Gasteiger partial charge in [-0.25, -0.2) is 0 Å². The molecule has 0 atom stereocenters. The molecule has 1 aromatic heterocycles. The number of hydrogen-bond donors (Lipinski definition) is 0. The lowest BCUT2D eigenvalue weighted by Gasteiger charge is -2.42. The maximum absolute atomic E-state index is 12.7. The van der Waals surface area contributed by atoms with E-state index < -0.39 is 0 Å². The number of hydrogen-bond acceptors (Lipinski definition) is 4. The quantitative estimate of drug-likeness (QED) is 0.854. The van der Waals surface area contributed by atoms with Crippen LogP contribution in [0.3, 0.4) is 0 Å². The Labute approximate surface area is 129 Å². The van der Waals surface area contributed by atoms with Crippen LogP contribution < -0.4 is 0 Å². The van der Waals surface area contributed by atoms with Gasteiger partial charge in [0.05, 0.1) is 19.6 Å². The Hall–Kier alpha value is -1.88. The van der Waals surface area contributed by atoms with Gasteiger partial charge in [-0.3, -0.25) is 4.79 Å². The Kier molecular flexibility index (Phi) is 3.37. The highest BCUT2D eigenvalue weighted by Crippen LogP contribution is 2.42. The largest absolute Gasteiger partial charge is 0.379 e. The second-order valence-corrected chi connectivity index (χ2v) is 6.52. The van der Waals surface area contributed by atoms with Crippen molar-refractivity contribution in [2.45, 2.75) is 25.7 Å². The maximum Gasteiger partial charge on any atom is 0.228 e. The lowest BCUT2D eigenvalue weighted by molar-refractivity contribution is -0.132. The average Bonchev–Trinajstić information content (AvgIpc) is 2.76. The van der Waals surface area contributed by atoms with Crippen LogP contribution in [0.4, 0.5) is 0 Å². The predicted octanol–water partition coefficient (Wildman–Crippen LogP) is 2.40. The summed E-state index contributed by atoms with van der Waals surface area (Å²) in [5, 5.41) is 5.00. The number of ether oxygens (including phenoxy) is 1. The molecule has 1 aliphatic carbocycles. The van der Waals surface area contributed by atoms with E-state index in [1.54, 1.807) is 0 Å². The molecule has 1 amide bonds. The van der Waals surface area contributed by atoms with Crippen LogP contribution in [-0.4, -0.2) is 42.3 Å². The van der Waals surface area contributed by atoms with Crippen molar-refractivity contribution in [2.75, 3.05) is 26.3 Å². The summed E-state index contributed by atoms with van der Waals surface area (Å²) < 4.78 is 11.0. The number of fused-ring (bicyclic) bond motifs is 1. The molecule has 4 rings (SSSR count). The number of amides is 1. The molecule has 22 heavy (non-hydrogen) atoms. The molecular weight excluding hydrogens is 280 g/mol. The van der Waals surface area contributed by atoms with Crippen molar-refractivity contribution in [3.05, 3.63) is 30.0 Å². The number of benzene rings is 1. The van der Waals surface area contributed by atoms with E-state index in [-0.39, 0.29) is 11.3 Å². The molecule has 0 unspecified atom stereocenters. The van der Waals surface area contributed by atoms with Crippen LogP contribution in [0.25, 0.3) is 11.0 Å². The molecule has 0 N–H and O–H groups in total. The van der Waals surface area contributed by atoms with E-state index in [0.717, 1.165) is 29.8 Å². The average molecular weight is 300 g/mol. The van der Waals surface area contributed by atoms with Crippen LogP contribution in [0.1, 0.15) is 25.0 Å². The van der Waals surface area contributed by atoms with Crippen LogP contribution >= 0.6 is 0 Å². The third-order valence-corrected chi connectivity index (χ3v) is 4.98. The highest BCUT2D eigenvalue weighted by Gasteiger charge is 2.41. The second-order valence-electron chi connectivity index (χ2n) is 6.52. The topological polar surface area (TPSA) is 55.6 Å². The minimum absolute atomic E-state index is 0.121. The summed E-state index contributed by atoms with van der Waals surface area (Å²) in [5.74, 6) is 0.121. The summed E-state index contributed by atoms with van der Waals surface area (Å²) in [5.41, 5.74) is 1.67. The summed E-state index contributed by atoms with van der Waals surface area (Å²) in [4.78, 5) is 14.6. The summed E-state index contributed by atoms with van der Waals surface area (Å²) in [7, 11) is 0. The van der Waals surface area contributed by atoms with Crippen molar-refractivity contribution in [1.29, 1.82) is 0 Å². The summed E-state index contributed by atoms with van der Waals surface area (Å²) >= 11 is 0. The number of carbonyl (C=O) groups is 1. The van der Waals surface area contributed by atoms with E-state index in [9.17, 15) is 4.79 Å². The van der Waals surface area contributed by atoms with E-state index >= 15 is 0 Å². The van der Waals surface area contributed by atoms with Gasteiger partial charge in [0.1, 0.15) is 5.69 Å². The zero-order chi connectivity index (χ0) is 15.0. The number of aromatic nitrogens is 1. The first-order valence-corrected chi connectivity index (χ1v) is 7.95. The Balaban J connectivity index is 1.51. The number of nitrogens with zero attached hydrogens (tertiary/aromatic N) is 2. The molecule has 2 fully saturated rings. The van der Waals surface area contributed by atoms with E-state index in [2.05, 4.69) is 5.16 Å². The normalized spacial score (nSPS) is 20.8. The Morgan fingerprint density at radius 3 is 3.00 bits per heavy atom. The molecule has 1 saturated heterocycles. The van der Waals surface area contributed by atoms with Crippen LogP contribution in [0.15, 0.2) is 28.8 Å². The van der Waals surface area contributed by atoms with Crippen LogP contribution in [0, 0.1) is 5.41 Å². The predicted molar refractivity (Wildman–Crippen MR) is 81.4 cm³/mol. The van der Waals surface area contributed by atoms with Gasteiger partial charge in [0.2, 0.25) is 5.91 Å². The second kappa shape index (κ2) is 5.39. The number of para-hydroxylation sites is 1. The zero-order valence-electron chi connectivity index (χ0n) is 12.6.